The van der Waals surface area contributed by atoms with Gasteiger partial charge in [-0.25, -0.2) is 0 Å². The van der Waals surface area contributed by atoms with Gasteiger partial charge in [0, 0.05) is 5.69 Å². The Morgan fingerprint density at radius 2 is 1.90 bits per heavy atom. The molecule has 1 fully saturated rings. The summed E-state index contributed by atoms with van der Waals surface area (Å²) in [7, 11) is 0. The predicted molar refractivity (Wildman–Crippen MR) is 79.3 cm³/mol. The number of aliphatic carboxylic acids is 1. The lowest BCUT2D eigenvalue weighted by molar-refractivity contribution is -0.148. The molecular weight excluding hydrogens is 268 g/mol. The Labute approximate surface area is 123 Å². The maximum atomic E-state index is 12.0. The average molecular weight is 288 g/mol. The van der Waals surface area contributed by atoms with Crippen LogP contribution in [0, 0.1) is 0 Å². The van der Waals surface area contributed by atoms with Crippen molar-refractivity contribution in [2.45, 2.75) is 44.1 Å². The summed E-state index contributed by atoms with van der Waals surface area (Å²) in [6.07, 6.45) is 5.44. The van der Waals surface area contributed by atoms with Crippen molar-refractivity contribution in [3.63, 3.8) is 0 Å². The highest BCUT2D eigenvalue weighted by Crippen LogP contribution is 2.31. The average Bonchev–Trinajstić information content (AvgIpc) is 2.84. The molecule has 3 N–H and O–H groups in total. The van der Waals surface area contributed by atoms with Gasteiger partial charge in [-0.15, -0.1) is 0 Å². The molecule has 112 valence electrons. The summed E-state index contributed by atoms with van der Waals surface area (Å²) >= 11 is 0. The van der Waals surface area contributed by atoms with Crippen molar-refractivity contribution in [3.8, 4) is 0 Å². The molecule has 0 bridgehead atoms. The standard InChI is InChI=1S/C16H20N2O3/c19-14(10-17-16(15(20)21)7-2-8-16)18-13-6-5-11-3-1-4-12(11)9-13/h5-6,9,17H,1-4,7-8,10H2,(H,18,19)(H,20,21). The topological polar surface area (TPSA) is 78.4 Å². The van der Waals surface area contributed by atoms with Gasteiger partial charge in [-0.05, 0) is 61.8 Å². The van der Waals surface area contributed by atoms with Crippen LogP contribution in [-0.2, 0) is 22.4 Å². The van der Waals surface area contributed by atoms with Crippen LogP contribution in [0.4, 0.5) is 5.69 Å². The van der Waals surface area contributed by atoms with Crippen molar-refractivity contribution >= 4 is 17.6 Å². The van der Waals surface area contributed by atoms with Gasteiger partial charge in [0.1, 0.15) is 5.54 Å². The molecule has 0 unspecified atom stereocenters. The fraction of sp³-hybridized carbons (Fsp3) is 0.500. The van der Waals surface area contributed by atoms with E-state index < -0.39 is 11.5 Å². The zero-order valence-electron chi connectivity index (χ0n) is 11.9. The van der Waals surface area contributed by atoms with E-state index in [-0.39, 0.29) is 12.5 Å². The zero-order chi connectivity index (χ0) is 14.9. The van der Waals surface area contributed by atoms with E-state index in [2.05, 4.69) is 16.7 Å². The Bertz CT molecular complexity index is 579. The minimum absolute atomic E-state index is 0.0311. The molecule has 0 radical (unpaired) electrons. The Balaban J connectivity index is 1.56. The lowest BCUT2D eigenvalue weighted by atomic mass is 9.77. The van der Waals surface area contributed by atoms with Crippen LogP contribution in [0.5, 0.6) is 0 Å². The van der Waals surface area contributed by atoms with Gasteiger partial charge in [0.15, 0.2) is 0 Å². The van der Waals surface area contributed by atoms with Gasteiger partial charge in [0.25, 0.3) is 0 Å². The second kappa shape index (κ2) is 5.48. The maximum absolute atomic E-state index is 12.0. The highest BCUT2D eigenvalue weighted by Gasteiger charge is 2.44. The number of carboxylic acid groups (broad SMARTS) is 1. The van der Waals surface area contributed by atoms with Gasteiger partial charge in [-0.1, -0.05) is 6.07 Å². The number of carbonyl (C=O) groups excluding carboxylic acids is 1. The Hall–Kier alpha value is -1.88. The molecule has 21 heavy (non-hydrogen) atoms. The normalized spacial score (nSPS) is 18.7. The van der Waals surface area contributed by atoms with E-state index in [1.54, 1.807) is 0 Å². The first-order valence-electron chi connectivity index (χ1n) is 7.49. The Kier molecular flexibility index (Phi) is 3.68. The van der Waals surface area contributed by atoms with E-state index in [9.17, 15) is 14.7 Å². The van der Waals surface area contributed by atoms with Gasteiger partial charge < -0.3 is 10.4 Å². The third kappa shape index (κ3) is 2.78. The number of aryl methyl sites for hydroxylation is 2. The third-order valence-electron chi connectivity index (χ3n) is 4.59. The first-order chi connectivity index (χ1) is 10.1. The first-order valence-corrected chi connectivity index (χ1v) is 7.49. The SMILES string of the molecule is O=C(CNC1(C(=O)O)CCC1)Nc1ccc2c(c1)CCC2. The van der Waals surface area contributed by atoms with Crippen molar-refractivity contribution in [1.82, 2.24) is 5.32 Å². The lowest BCUT2D eigenvalue weighted by Gasteiger charge is -2.38. The summed E-state index contributed by atoms with van der Waals surface area (Å²) in [5.74, 6) is -1.06. The number of carboxylic acids is 1. The largest absolute Gasteiger partial charge is 0.480 e. The second-order valence-corrected chi connectivity index (χ2v) is 5.98. The summed E-state index contributed by atoms with van der Waals surface area (Å²) in [5.41, 5.74) is 2.57. The van der Waals surface area contributed by atoms with Crippen molar-refractivity contribution in [2.24, 2.45) is 0 Å². The fourth-order valence-corrected chi connectivity index (χ4v) is 3.10. The molecule has 0 atom stereocenters. The van der Waals surface area contributed by atoms with Crippen LogP contribution in [-0.4, -0.2) is 29.1 Å². The minimum atomic E-state index is -0.894. The molecule has 1 saturated carbocycles. The highest BCUT2D eigenvalue weighted by atomic mass is 16.4. The molecule has 1 amide bonds. The molecule has 2 aliphatic carbocycles. The summed E-state index contributed by atoms with van der Waals surface area (Å²) in [6.45, 7) is 0.0311. The quantitative estimate of drug-likeness (QED) is 0.770. The number of hydrogen-bond donors (Lipinski definition) is 3. The van der Waals surface area contributed by atoms with Crippen molar-refractivity contribution in [3.05, 3.63) is 29.3 Å². The smallest absolute Gasteiger partial charge is 0.323 e. The van der Waals surface area contributed by atoms with Gasteiger partial charge in [-0.3, -0.25) is 14.9 Å². The zero-order valence-corrected chi connectivity index (χ0v) is 11.9. The van der Waals surface area contributed by atoms with E-state index in [0.29, 0.717) is 12.8 Å². The number of anilines is 1. The molecule has 0 heterocycles. The second-order valence-electron chi connectivity index (χ2n) is 5.98. The van der Waals surface area contributed by atoms with Crippen LogP contribution in [0.1, 0.15) is 36.8 Å². The van der Waals surface area contributed by atoms with Crippen LogP contribution < -0.4 is 10.6 Å². The molecular formula is C16H20N2O3. The maximum Gasteiger partial charge on any atom is 0.323 e. The number of fused-ring (bicyclic) bond motifs is 1. The van der Waals surface area contributed by atoms with Crippen LogP contribution >= 0.6 is 0 Å². The number of benzene rings is 1. The molecule has 0 aliphatic heterocycles. The molecule has 5 heteroatoms. The third-order valence-corrected chi connectivity index (χ3v) is 4.59. The number of nitrogens with one attached hydrogen (secondary N) is 2. The van der Waals surface area contributed by atoms with E-state index >= 15 is 0 Å². The number of amides is 1. The first kappa shape index (κ1) is 14.1. The van der Waals surface area contributed by atoms with Gasteiger partial charge in [-0.2, -0.15) is 0 Å². The molecule has 3 rings (SSSR count). The van der Waals surface area contributed by atoms with Crippen LogP contribution in [0.3, 0.4) is 0 Å². The molecule has 0 spiro atoms. The monoisotopic (exact) mass is 288 g/mol. The predicted octanol–water partition coefficient (Wildman–Crippen LogP) is 1.71. The van der Waals surface area contributed by atoms with Gasteiger partial charge in [0.05, 0.1) is 6.54 Å². The highest BCUT2D eigenvalue weighted by molar-refractivity contribution is 5.93. The van der Waals surface area contributed by atoms with Crippen molar-refractivity contribution in [1.29, 1.82) is 0 Å². The lowest BCUT2D eigenvalue weighted by Crippen LogP contribution is -2.58. The molecule has 1 aromatic carbocycles. The molecule has 0 saturated heterocycles. The van der Waals surface area contributed by atoms with Crippen molar-refractivity contribution < 1.29 is 14.7 Å². The summed E-state index contributed by atoms with van der Waals surface area (Å²) in [6, 6.07) is 6.00. The van der Waals surface area contributed by atoms with Gasteiger partial charge >= 0.3 is 5.97 Å². The van der Waals surface area contributed by atoms with E-state index in [1.165, 1.54) is 17.5 Å². The minimum Gasteiger partial charge on any atom is -0.480 e. The molecule has 2 aliphatic rings. The van der Waals surface area contributed by atoms with Crippen molar-refractivity contribution in [2.75, 3.05) is 11.9 Å². The number of carbonyl (C=O) groups is 2. The van der Waals surface area contributed by atoms with E-state index in [4.69, 9.17) is 0 Å². The molecule has 5 nitrogen and oxygen atoms in total. The Morgan fingerprint density at radius 1 is 1.14 bits per heavy atom. The number of rotatable bonds is 5. The van der Waals surface area contributed by atoms with Crippen LogP contribution in [0.25, 0.3) is 0 Å². The Morgan fingerprint density at radius 3 is 2.57 bits per heavy atom. The summed E-state index contributed by atoms with van der Waals surface area (Å²) < 4.78 is 0. The fourth-order valence-electron chi connectivity index (χ4n) is 3.10. The van der Waals surface area contributed by atoms with Crippen LogP contribution in [0.2, 0.25) is 0 Å². The number of hydrogen-bond acceptors (Lipinski definition) is 3. The van der Waals surface area contributed by atoms with E-state index in [0.717, 1.165) is 24.9 Å². The molecule has 0 aromatic heterocycles. The summed E-state index contributed by atoms with van der Waals surface area (Å²) in [5, 5.41) is 14.9. The van der Waals surface area contributed by atoms with Gasteiger partial charge in [0.2, 0.25) is 5.91 Å². The summed E-state index contributed by atoms with van der Waals surface area (Å²) in [4.78, 5) is 23.2. The molecule has 1 aromatic rings. The van der Waals surface area contributed by atoms with Crippen LogP contribution in [0.15, 0.2) is 18.2 Å². The van der Waals surface area contributed by atoms with E-state index in [1.807, 2.05) is 12.1 Å².